The fourth-order valence-electron chi connectivity index (χ4n) is 2.93. The van der Waals surface area contributed by atoms with E-state index in [9.17, 15) is 14.4 Å². The van der Waals surface area contributed by atoms with Gasteiger partial charge in [0.2, 0.25) is 0 Å². The predicted octanol–water partition coefficient (Wildman–Crippen LogP) is 2.90. The summed E-state index contributed by atoms with van der Waals surface area (Å²) in [7, 11) is 1.71. The number of nitrogens with two attached hydrogens (primary N) is 1. The third kappa shape index (κ3) is 3.95. The van der Waals surface area contributed by atoms with Gasteiger partial charge < -0.3 is 15.8 Å². The molecule has 0 aliphatic rings. The zero-order chi connectivity index (χ0) is 22.0. The Kier molecular flexibility index (Phi) is 5.98. The van der Waals surface area contributed by atoms with Gasteiger partial charge in [0, 0.05) is 7.05 Å². The minimum absolute atomic E-state index is 0.0597. The lowest BCUT2D eigenvalue weighted by atomic mass is 10.2. The first-order chi connectivity index (χ1) is 14.2. The van der Waals surface area contributed by atoms with Crippen LogP contribution in [0.5, 0.6) is 0 Å². The smallest absolute Gasteiger partial charge is 0.341 e. The molecule has 0 aliphatic heterocycles. The van der Waals surface area contributed by atoms with E-state index in [1.54, 1.807) is 42.9 Å². The number of amides is 1. The van der Waals surface area contributed by atoms with Crippen LogP contribution >= 0.6 is 11.6 Å². The zero-order valence-corrected chi connectivity index (χ0v) is 17.4. The maximum atomic E-state index is 12.9. The molecule has 0 aliphatic carbocycles. The number of nitrogen functional groups attached to an aromatic ring is 1. The molecule has 9 heteroatoms. The van der Waals surface area contributed by atoms with Crippen LogP contribution in [0.1, 0.15) is 23.0 Å². The number of hydrogen-bond acceptors (Lipinski definition) is 5. The Morgan fingerprint density at radius 3 is 2.47 bits per heavy atom. The first-order valence-electron chi connectivity index (χ1n) is 9.12. The summed E-state index contributed by atoms with van der Waals surface area (Å²) >= 11 is 5.92. The summed E-state index contributed by atoms with van der Waals surface area (Å²) in [6.45, 7) is 3.11. The highest BCUT2D eigenvalue weighted by Crippen LogP contribution is 2.23. The number of hydrogen-bond donors (Lipinski definition) is 2. The number of anilines is 2. The van der Waals surface area contributed by atoms with Crippen molar-refractivity contribution in [3.05, 3.63) is 75.2 Å². The molecule has 0 radical (unpaired) electrons. The normalized spacial score (nSPS) is 11.7. The van der Waals surface area contributed by atoms with Crippen LogP contribution in [-0.2, 0) is 16.6 Å². The van der Waals surface area contributed by atoms with Gasteiger partial charge in [-0.15, -0.1) is 0 Å². The summed E-state index contributed by atoms with van der Waals surface area (Å²) in [6, 6.07) is 13.6. The van der Waals surface area contributed by atoms with E-state index < -0.39 is 23.5 Å². The van der Waals surface area contributed by atoms with Crippen molar-refractivity contribution in [2.45, 2.75) is 20.0 Å². The van der Waals surface area contributed by atoms with Gasteiger partial charge in [0.05, 0.1) is 27.7 Å². The second-order valence-corrected chi connectivity index (χ2v) is 7.08. The Morgan fingerprint density at radius 2 is 1.80 bits per heavy atom. The number of halogens is 1. The number of carbonyl (C=O) groups is 2. The first kappa shape index (κ1) is 21.2. The summed E-state index contributed by atoms with van der Waals surface area (Å²) in [6.07, 6.45) is -1.17. The molecular weight excluding hydrogens is 408 g/mol. The highest BCUT2D eigenvalue weighted by atomic mass is 35.5. The summed E-state index contributed by atoms with van der Waals surface area (Å²) in [5.74, 6) is -1.43. The summed E-state index contributed by atoms with van der Waals surface area (Å²) in [5, 5.41) is 2.78. The van der Waals surface area contributed by atoms with Crippen molar-refractivity contribution >= 4 is 34.9 Å². The molecule has 2 aromatic carbocycles. The molecule has 1 heterocycles. The van der Waals surface area contributed by atoms with Crippen LogP contribution < -0.4 is 16.6 Å². The number of para-hydroxylation sites is 2. The lowest BCUT2D eigenvalue weighted by Crippen LogP contribution is -2.32. The number of benzene rings is 2. The number of rotatable bonds is 5. The summed E-state index contributed by atoms with van der Waals surface area (Å²) in [4.78, 5) is 37.8. The Bertz CT molecular complexity index is 1170. The molecule has 0 bridgehead atoms. The maximum absolute atomic E-state index is 12.9. The van der Waals surface area contributed by atoms with Gasteiger partial charge in [0.15, 0.2) is 6.10 Å². The van der Waals surface area contributed by atoms with E-state index in [1.807, 2.05) is 18.2 Å². The average molecular weight is 429 g/mol. The van der Waals surface area contributed by atoms with Crippen LogP contribution in [0.25, 0.3) is 5.69 Å². The molecular formula is C21H21ClN4O4. The summed E-state index contributed by atoms with van der Waals surface area (Å²) in [5.41, 5.74) is 6.84. The van der Waals surface area contributed by atoms with Crippen molar-refractivity contribution in [3.63, 3.8) is 0 Å². The number of nitrogens with zero attached hydrogens (tertiary/aromatic N) is 2. The van der Waals surface area contributed by atoms with Crippen LogP contribution in [0.2, 0.25) is 5.02 Å². The van der Waals surface area contributed by atoms with Gasteiger partial charge in [-0.25, -0.2) is 9.48 Å². The van der Waals surface area contributed by atoms with Gasteiger partial charge in [-0.05, 0) is 38.1 Å². The van der Waals surface area contributed by atoms with E-state index >= 15 is 0 Å². The van der Waals surface area contributed by atoms with Crippen LogP contribution in [0.15, 0.2) is 53.3 Å². The van der Waals surface area contributed by atoms with Gasteiger partial charge in [-0.3, -0.25) is 14.3 Å². The van der Waals surface area contributed by atoms with Crippen molar-refractivity contribution in [3.8, 4) is 5.69 Å². The Hall–Kier alpha value is -3.52. The lowest BCUT2D eigenvalue weighted by Gasteiger charge is -2.14. The van der Waals surface area contributed by atoms with E-state index in [1.165, 1.54) is 17.7 Å². The monoisotopic (exact) mass is 428 g/mol. The molecule has 8 nitrogen and oxygen atoms in total. The number of ether oxygens (including phenoxy) is 1. The van der Waals surface area contributed by atoms with Gasteiger partial charge >= 0.3 is 5.97 Å². The fraction of sp³-hybridized carbons (Fsp3) is 0.190. The third-order valence-corrected chi connectivity index (χ3v) is 5.06. The van der Waals surface area contributed by atoms with Gasteiger partial charge in [0.1, 0.15) is 5.69 Å². The highest BCUT2D eigenvalue weighted by molar-refractivity contribution is 6.33. The molecule has 3 N–H and O–H groups in total. The lowest BCUT2D eigenvalue weighted by molar-refractivity contribution is -0.123. The SMILES string of the molecule is Cc1c(NC(=O)[C@H](C)OC(=O)c2cccc(Cl)c2N)c(=O)n(-c2ccccc2)n1C. The molecule has 0 saturated heterocycles. The molecule has 0 fully saturated rings. The van der Waals surface area contributed by atoms with Crippen LogP contribution in [0.4, 0.5) is 11.4 Å². The van der Waals surface area contributed by atoms with E-state index in [2.05, 4.69) is 5.32 Å². The Balaban J connectivity index is 1.80. The van der Waals surface area contributed by atoms with Crippen LogP contribution in [0.3, 0.4) is 0 Å². The molecule has 3 aromatic rings. The Labute approximate surface area is 177 Å². The number of aromatic nitrogens is 2. The minimum Gasteiger partial charge on any atom is -0.449 e. The number of esters is 1. The van der Waals surface area contributed by atoms with Crippen molar-refractivity contribution in [1.82, 2.24) is 9.36 Å². The fourth-order valence-corrected chi connectivity index (χ4v) is 3.10. The van der Waals surface area contributed by atoms with Crippen LogP contribution in [-0.4, -0.2) is 27.3 Å². The molecule has 0 saturated carbocycles. The van der Waals surface area contributed by atoms with E-state index in [-0.39, 0.29) is 22.0 Å². The highest BCUT2D eigenvalue weighted by Gasteiger charge is 2.24. The van der Waals surface area contributed by atoms with Crippen LogP contribution in [0, 0.1) is 6.92 Å². The number of nitrogens with one attached hydrogen (secondary N) is 1. The van der Waals surface area contributed by atoms with E-state index in [4.69, 9.17) is 22.1 Å². The molecule has 0 spiro atoms. The van der Waals surface area contributed by atoms with E-state index in [0.29, 0.717) is 11.4 Å². The topological polar surface area (TPSA) is 108 Å². The Morgan fingerprint density at radius 1 is 1.13 bits per heavy atom. The van der Waals surface area contributed by atoms with E-state index in [0.717, 1.165) is 0 Å². The van der Waals surface area contributed by atoms with Crippen molar-refractivity contribution in [1.29, 1.82) is 0 Å². The second-order valence-electron chi connectivity index (χ2n) is 6.67. The minimum atomic E-state index is -1.17. The first-order valence-corrected chi connectivity index (χ1v) is 9.50. The largest absolute Gasteiger partial charge is 0.449 e. The van der Waals surface area contributed by atoms with Gasteiger partial charge in [-0.1, -0.05) is 35.9 Å². The number of carbonyl (C=O) groups excluding carboxylic acids is 2. The predicted molar refractivity (Wildman–Crippen MR) is 115 cm³/mol. The standard InChI is InChI=1S/C21H21ClN4O4/c1-12-18(20(28)26(25(12)3)14-8-5-4-6-9-14)24-19(27)13(2)30-21(29)15-10-7-11-16(22)17(15)23/h4-11,13H,23H2,1-3H3,(H,24,27)/t13-/m0/s1. The maximum Gasteiger partial charge on any atom is 0.341 e. The zero-order valence-electron chi connectivity index (χ0n) is 16.7. The van der Waals surface area contributed by atoms with Crippen molar-refractivity contribution in [2.75, 3.05) is 11.1 Å². The quantitative estimate of drug-likeness (QED) is 0.479. The van der Waals surface area contributed by atoms with Gasteiger partial charge in [0.25, 0.3) is 11.5 Å². The molecule has 1 atom stereocenters. The molecule has 156 valence electrons. The summed E-state index contributed by atoms with van der Waals surface area (Å²) < 4.78 is 8.28. The van der Waals surface area contributed by atoms with Crippen molar-refractivity contribution < 1.29 is 14.3 Å². The second kappa shape index (κ2) is 8.46. The van der Waals surface area contributed by atoms with Crippen molar-refractivity contribution in [2.24, 2.45) is 7.05 Å². The molecule has 30 heavy (non-hydrogen) atoms. The third-order valence-electron chi connectivity index (χ3n) is 4.73. The molecule has 3 rings (SSSR count). The average Bonchev–Trinajstić information content (AvgIpc) is 2.93. The molecule has 1 amide bonds. The molecule has 0 unspecified atom stereocenters. The van der Waals surface area contributed by atoms with Gasteiger partial charge in [-0.2, -0.15) is 0 Å². The molecule has 1 aromatic heterocycles.